The first-order valence-electron chi connectivity index (χ1n) is 11.0. The van der Waals surface area contributed by atoms with Crippen LogP contribution in [0.3, 0.4) is 0 Å². The maximum atomic E-state index is 13.9. The van der Waals surface area contributed by atoms with E-state index in [2.05, 4.69) is 15.3 Å². The smallest absolute Gasteiger partial charge is 0.416 e. The molecule has 7 heteroatoms. The molecule has 0 radical (unpaired) electrons. The summed E-state index contributed by atoms with van der Waals surface area (Å²) in [7, 11) is 0. The number of nitrogens with one attached hydrogen (secondary N) is 1. The number of amides is 1. The molecule has 3 heterocycles. The Balaban J connectivity index is 1.14. The second-order valence-electron chi connectivity index (χ2n) is 8.56. The molecule has 0 unspecified atom stereocenters. The van der Waals surface area contributed by atoms with E-state index < -0.39 is 5.60 Å². The SMILES string of the molecule is O=C1O[C@]2(CC[C@H](CNc3ccc(-c4ccccc4F)nc3)CC2)CN1c1ccccn1. The molecule has 1 saturated carbocycles. The summed E-state index contributed by atoms with van der Waals surface area (Å²) in [5.74, 6) is 0.866. The Labute approximate surface area is 186 Å². The van der Waals surface area contributed by atoms with Crippen LogP contribution in [0.4, 0.5) is 20.7 Å². The summed E-state index contributed by atoms with van der Waals surface area (Å²) >= 11 is 0. The van der Waals surface area contributed by atoms with Crippen LogP contribution in [0, 0.1) is 11.7 Å². The van der Waals surface area contributed by atoms with Gasteiger partial charge in [0.15, 0.2) is 0 Å². The van der Waals surface area contributed by atoms with Gasteiger partial charge in [0.25, 0.3) is 0 Å². The van der Waals surface area contributed by atoms with Gasteiger partial charge in [-0.3, -0.25) is 9.88 Å². The lowest BCUT2D eigenvalue weighted by atomic mass is 9.78. The Kier molecular flexibility index (Phi) is 5.47. The fourth-order valence-electron chi connectivity index (χ4n) is 4.57. The third-order valence-electron chi connectivity index (χ3n) is 6.42. The number of hydrogen-bond acceptors (Lipinski definition) is 5. The van der Waals surface area contributed by atoms with Gasteiger partial charge in [0, 0.05) is 18.3 Å². The van der Waals surface area contributed by atoms with E-state index >= 15 is 0 Å². The fraction of sp³-hybridized carbons (Fsp3) is 0.320. The number of rotatable bonds is 5. The molecule has 0 bridgehead atoms. The number of ether oxygens (including phenoxy) is 1. The molecule has 32 heavy (non-hydrogen) atoms. The van der Waals surface area contributed by atoms with Gasteiger partial charge in [0.05, 0.1) is 24.1 Å². The third-order valence-corrected chi connectivity index (χ3v) is 6.42. The molecular formula is C25H25FN4O2. The second-order valence-corrected chi connectivity index (χ2v) is 8.56. The number of aromatic nitrogens is 2. The van der Waals surface area contributed by atoms with Crippen LogP contribution in [0.1, 0.15) is 25.7 Å². The molecule has 1 spiro atoms. The number of hydrogen-bond donors (Lipinski definition) is 1. The monoisotopic (exact) mass is 432 g/mol. The highest BCUT2D eigenvalue weighted by atomic mass is 19.1. The Morgan fingerprint density at radius 1 is 1.06 bits per heavy atom. The topological polar surface area (TPSA) is 67.3 Å². The molecule has 0 atom stereocenters. The highest BCUT2D eigenvalue weighted by molar-refractivity contribution is 5.89. The van der Waals surface area contributed by atoms with Crippen molar-refractivity contribution in [3.05, 3.63) is 72.8 Å². The van der Waals surface area contributed by atoms with E-state index in [1.54, 1.807) is 35.5 Å². The minimum Gasteiger partial charge on any atom is -0.441 e. The van der Waals surface area contributed by atoms with Gasteiger partial charge in [-0.05, 0) is 68.0 Å². The summed E-state index contributed by atoms with van der Waals surface area (Å²) in [4.78, 5) is 22.7. The number of anilines is 2. The van der Waals surface area contributed by atoms with Crippen LogP contribution in [0.25, 0.3) is 11.3 Å². The Morgan fingerprint density at radius 2 is 1.88 bits per heavy atom. The lowest BCUT2D eigenvalue weighted by Crippen LogP contribution is -2.39. The highest BCUT2D eigenvalue weighted by Crippen LogP contribution is 2.40. The average molecular weight is 432 g/mol. The molecule has 6 nitrogen and oxygen atoms in total. The molecule has 2 aliphatic rings. The predicted octanol–water partition coefficient (Wildman–Crippen LogP) is 5.28. The molecule has 1 N–H and O–H groups in total. The first-order chi connectivity index (χ1) is 15.6. The highest BCUT2D eigenvalue weighted by Gasteiger charge is 2.47. The van der Waals surface area contributed by atoms with E-state index in [0.29, 0.717) is 29.5 Å². The van der Waals surface area contributed by atoms with Gasteiger partial charge in [-0.25, -0.2) is 14.2 Å². The zero-order valence-corrected chi connectivity index (χ0v) is 17.7. The Morgan fingerprint density at radius 3 is 2.59 bits per heavy atom. The summed E-state index contributed by atoms with van der Waals surface area (Å²) in [6.07, 6.45) is 6.79. The van der Waals surface area contributed by atoms with Gasteiger partial charge in [-0.2, -0.15) is 0 Å². The van der Waals surface area contributed by atoms with E-state index in [1.807, 2.05) is 30.3 Å². The minimum atomic E-state index is -0.409. The summed E-state index contributed by atoms with van der Waals surface area (Å²) in [5.41, 5.74) is 1.63. The quantitative estimate of drug-likeness (QED) is 0.594. The van der Waals surface area contributed by atoms with E-state index in [4.69, 9.17) is 4.74 Å². The molecular weight excluding hydrogens is 407 g/mol. The van der Waals surface area contributed by atoms with Crippen LogP contribution in [0.15, 0.2) is 67.0 Å². The van der Waals surface area contributed by atoms with E-state index in [9.17, 15) is 9.18 Å². The molecule has 2 fully saturated rings. The van der Waals surface area contributed by atoms with Crippen molar-refractivity contribution in [2.45, 2.75) is 31.3 Å². The van der Waals surface area contributed by atoms with Gasteiger partial charge >= 0.3 is 6.09 Å². The predicted molar refractivity (Wildman–Crippen MR) is 121 cm³/mol. The Hall–Kier alpha value is -3.48. The fourth-order valence-corrected chi connectivity index (χ4v) is 4.57. The molecule has 1 saturated heterocycles. The Bertz CT molecular complexity index is 1080. The van der Waals surface area contributed by atoms with Gasteiger partial charge in [0.1, 0.15) is 17.2 Å². The van der Waals surface area contributed by atoms with Crippen LogP contribution in [0.2, 0.25) is 0 Å². The summed E-state index contributed by atoms with van der Waals surface area (Å²) < 4.78 is 19.8. The largest absolute Gasteiger partial charge is 0.441 e. The number of benzene rings is 1. The molecule has 3 aromatic rings. The molecule has 164 valence electrons. The lowest BCUT2D eigenvalue weighted by Gasteiger charge is -2.35. The summed E-state index contributed by atoms with van der Waals surface area (Å²) in [6.45, 7) is 1.39. The average Bonchev–Trinajstić information content (AvgIpc) is 3.16. The van der Waals surface area contributed by atoms with Crippen molar-refractivity contribution in [1.82, 2.24) is 9.97 Å². The number of carbonyl (C=O) groups is 1. The van der Waals surface area contributed by atoms with Crippen molar-refractivity contribution in [3.8, 4) is 11.3 Å². The van der Waals surface area contributed by atoms with Crippen LogP contribution in [-0.4, -0.2) is 34.8 Å². The van der Waals surface area contributed by atoms with E-state index in [0.717, 1.165) is 37.9 Å². The van der Waals surface area contributed by atoms with E-state index in [-0.39, 0.29) is 11.9 Å². The van der Waals surface area contributed by atoms with Crippen molar-refractivity contribution in [2.24, 2.45) is 5.92 Å². The van der Waals surface area contributed by atoms with Crippen LogP contribution in [0.5, 0.6) is 0 Å². The lowest BCUT2D eigenvalue weighted by molar-refractivity contribution is 0.0148. The van der Waals surface area contributed by atoms with Gasteiger partial charge in [-0.15, -0.1) is 0 Å². The molecule has 5 rings (SSSR count). The zero-order valence-electron chi connectivity index (χ0n) is 17.7. The van der Waals surface area contributed by atoms with Gasteiger partial charge in [0.2, 0.25) is 0 Å². The minimum absolute atomic E-state index is 0.272. The van der Waals surface area contributed by atoms with E-state index in [1.165, 1.54) is 6.07 Å². The normalized spacial score (nSPS) is 22.7. The van der Waals surface area contributed by atoms with Crippen LogP contribution < -0.4 is 10.2 Å². The van der Waals surface area contributed by atoms with Crippen LogP contribution in [-0.2, 0) is 4.74 Å². The number of halogens is 1. The van der Waals surface area contributed by atoms with Crippen LogP contribution >= 0.6 is 0 Å². The van der Waals surface area contributed by atoms with Crippen molar-refractivity contribution >= 4 is 17.6 Å². The van der Waals surface area contributed by atoms with Crippen molar-refractivity contribution in [1.29, 1.82) is 0 Å². The molecule has 1 aliphatic carbocycles. The number of carbonyl (C=O) groups excluding carboxylic acids is 1. The van der Waals surface area contributed by atoms with Gasteiger partial charge in [-0.1, -0.05) is 18.2 Å². The summed E-state index contributed by atoms with van der Waals surface area (Å²) in [5, 5.41) is 3.45. The second kappa shape index (κ2) is 8.57. The first-order valence-corrected chi connectivity index (χ1v) is 11.0. The standard InChI is InChI=1S/C25H25FN4O2/c26-21-6-2-1-5-20(21)22-9-8-19(16-29-22)28-15-18-10-12-25(13-11-18)17-30(24(31)32-25)23-7-3-4-14-27-23/h1-9,14,16,18,28H,10-13,15,17H2/t18-,25-. The molecule has 2 aromatic heterocycles. The maximum absolute atomic E-state index is 13.9. The molecule has 1 aromatic carbocycles. The first kappa shape index (κ1) is 20.4. The van der Waals surface area contributed by atoms with Crippen molar-refractivity contribution < 1.29 is 13.9 Å². The maximum Gasteiger partial charge on any atom is 0.416 e. The third kappa shape index (κ3) is 4.15. The zero-order chi connectivity index (χ0) is 22.0. The van der Waals surface area contributed by atoms with Crippen molar-refractivity contribution in [2.75, 3.05) is 23.3 Å². The molecule has 1 aliphatic heterocycles. The molecule has 1 amide bonds. The summed E-state index contributed by atoms with van der Waals surface area (Å²) in [6, 6.07) is 16.0. The number of nitrogens with zero attached hydrogens (tertiary/aromatic N) is 3. The van der Waals surface area contributed by atoms with Crippen molar-refractivity contribution in [3.63, 3.8) is 0 Å². The van der Waals surface area contributed by atoms with Gasteiger partial charge < -0.3 is 10.1 Å². The number of pyridine rings is 2.